The van der Waals surface area contributed by atoms with E-state index in [0.717, 1.165) is 23.7 Å². The molecule has 0 spiro atoms. The first kappa shape index (κ1) is 18.7. The molecule has 1 saturated heterocycles. The molecular formula is C21H26BrN3O2. The number of halogens is 1. The van der Waals surface area contributed by atoms with Crippen LogP contribution in [-0.2, 0) is 4.79 Å². The van der Waals surface area contributed by atoms with Crippen molar-refractivity contribution < 1.29 is 4.79 Å². The van der Waals surface area contributed by atoms with Crippen molar-refractivity contribution in [3.63, 3.8) is 0 Å². The van der Waals surface area contributed by atoms with Gasteiger partial charge in [-0.1, -0.05) is 42.6 Å². The van der Waals surface area contributed by atoms with Crippen molar-refractivity contribution in [3.05, 3.63) is 38.9 Å². The van der Waals surface area contributed by atoms with E-state index in [0.29, 0.717) is 41.0 Å². The first-order chi connectivity index (χ1) is 12.9. The van der Waals surface area contributed by atoms with Gasteiger partial charge in [0.15, 0.2) is 0 Å². The van der Waals surface area contributed by atoms with E-state index < -0.39 is 0 Å². The van der Waals surface area contributed by atoms with E-state index in [4.69, 9.17) is 4.98 Å². The highest BCUT2D eigenvalue weighted by molar-refractivity contribution is 9.10. The summed E-state index contributed by atoms with van der Waals surface area (Å²) in [6.07, 6.45) is 6.08. The van der Waals surface area contributed by atoms with Crippen molar-refractivity contribution in [2.75, 3.05) is 0 Å². The third-order valence-corrected chi connectivity index (χ3v) is 6.45. The lowest BCUT2D eigenvalue weighted by Gasteiger charge is -2.34. The summed E-state index contributed by atoms with van der Waals surface area (Å²) in [5.41, 5.74) is 0.544. The molecule has 1 aliphatic carbocycles. The van der Waals surface area contributed by atoms with Gasteiger partial charge in [0.1, 0.15) is 5.82 Å². The van der Waals surface area contributed by atoms with E-state index in [2.05, 4.69) is 39.7 Å². The van der Waals surface area contributed by atoms with Gasteiger partial charge >= 0.3 is 0 Å². The van der Waals surface area contributed by atoms with Gasteiger partial charge in [0, 0.05) is 16.9 Å². The quantitative estimate of drug-likeness (QED) is 0.773. The van der Waals surface area contributed by atoms with Gasteiger partial charge in [-0.2, -0.15) is 0 Å². The minimum atomic E-state index is -0.131. The maximum atomic E-state index is 13.1. The van der Waals surface area contributed by atoms with E-state index in [1.165, 1.54) is 12.8 Å². The number of carbonyl (C=O) groups excluding carboxylic acids is 1. The Balaban J connectivity index is 1.76. The van der Waals surface area contributed by atoms with Gasteiger partial charge in [0.05, 0.1) is 16.9 Å². The number of hydrogen-bond acceptors (Lipinski definition) is 3. The molecule has 0 bridgehead atoms. The maximum absolute atomic E-state index is 13.1. The fraction of sp³-hybridized carbons (Fsp3) is 0.571. The summed E-state index contributed by atoms with van der Waals surface area (Å²) in [5.74, 6) is 1.67. The van der Waals surface area contributed by atoms with Crippen LogP contribution in [0, 0.1) is 11.8 Å². The van der Waals surface area contributed by atoms with E-state index in [-0.39, 0.29) is 17.5 Å². The van der Waals surface area contributed by atoms with E-state index >= 15 is 0 Å². The fourth-order valence-corrected chi connectivity index (χ4v) is 5.15. The van der Waals surface area contributed by atoms with Crippen LogP contribution >= 0.6 is 15.9 Å². The Morgan fingerprint density at radius 1 is 1.33 bits per heavy atom. The van der Waals surface area contributed by atoms with Crippen LogP contribution in [0.4, 0.5) is 0 Å². The molecule has 2 aromatic rings. The van der Waals surface area contributed by atoms with Gasteiger partial charge in [-0.05, 0) is 49.3 Å². The van der Waals surface area contributed by atoms with Crippen LogP contribution in [0.3, 0.4) is 0 Å². The van der Waals surface area contributed by atoms with Crippen LogP contribution in [0.15, 0.2) is 27.5 Å². The lowest BCUT2D eigenvalue weighted by Crippen LogP contribution is -2.41. The number of fused-ring (bicyclic) bond motifs is 2. The van der Waals surface area contributed by atoms with Crippen LogP contribution < -0.4 is 5.56 Å². The minimum absolute atomic E-state index is 0.125. The largest absolute Gasteiger partial charge is 0.329 e. The minimum Gasteiger partial charge on any atom is -0.329 e. The van der Waals surface area contributed by atoms with Crippen LogP contribution in [0.5, 0.6) is 0 Å². The number of H-pyrrole nitrogens is 1. The van der Waals surface area contributed by atoms with Gasteiger partial charge < -0.3 is 9.88 Å². The fourth-order valence-electron chi connectivity index (χ4n) is 4.81. The maximum Gasteiger partial charge on any atom is 0.258 e. The zero-order chi connectivity index (χ0) is 19.1. The number of hydrogen-bond donors (Lipinski definition) is 1. The molecule has 5 nitrogen and oxygen atoms in total. The molecule has 0 radical (unpaired) electrons. The predicted octanol–water partition coefficient (Wildman–Crippen LogP) is 4.56. The van der Waals surface area contributed by atoms with Crippen molar-refractivity contribution in [3.8, 4) is 0 Å². The molecule has 2 aliphatic rings. The zero-order valence-electron chi connectivity index (χ0n) is 15.9. The highest BCUT2D eigenvalue weighted by atomic mass is 79.9. The number of nitrogens with zero attached hydrogens (tertiary/aromatic N) is 2. The lowest BCUT2D eigenvalue weighted by molar-refractivity contribution is -0.136. The van der Waals surface area contributed by atoms with Crippen molar-refractivity contribution in [1.29, 1.82) is 0 Å². The summed E-state index contributed by atoms with van der Waals surface area (Å²) >= 11 is 3.46. The second-order valence-electron chi connectivity index (χ2n) is 8.38. The monoisotopic (exact) mass is 431 g/mol. The standard InChI is InChI=1S/C21H26BrN3O2/c1-12(2)9-19(26)25-17-6-4-3-5-13(17)10-18(25)20-23-16-11-14(22)7-8-15(16)21(27)24-20/h7-8,11-13,17-18H,3-6,9-10H2,1-2H3,(H,23,24,27)/t13-,17-,18-/m0/s1. The number of carbonyl (C=O) groups is 1. The Morgan fingerprint density at radius 2 is 2.11 bits per heavy atom. The van der Waals surface area contributed by atoms with Gasteiger partial charge in [-0.25, -0.2) is 4.98 Å². The Labute approximate surface area is 167 Å². The third kappa shape index (κ3) is 3.56. The molecule has 0 unspecified atom stereocenters. The molecule has 1 aliphatic heterocycles. The van der Waals surface area contributed by atoms with Crippen LogP contribution in [0.2, 0.25) is 0 Å². The molecule has 1 amide bonds. The Hall–Kier alpha value is -1.69. The van der Waals surface area contributed by atoms with Gasteiger partial charge in [-0.3, -0.25) is 9.59 Å². The Morgan fingerprint density at radius 3 is 2.89 bits per heavy atom. The van der Waals surface area contributed by atoms with Crippen molar-refractivity contribution >= 4 is 32.7 Å². The SMILES string of the molecule is CC(C)CC(=O)N1[C@H](c2nc3cc(Br)ccc3c(=O)[nH]2)C[C@@H]2CCCC[C@@H]21. The molecule has 27 heavy (non-hydrogen) atoms. The summed E-state index contributed by atoms with van der Waals surface area (Å²) in [7, 11) is 0. The number of aromatic amines is 1. The average Bonchev–Trinajstić information content (AvgIpc) is 3.00. The van der Waals surface area contributed by atoms with Gasteiger partial charge in [0.25, 0.3) is 5.56 Å². The predicted molar refractivity (Wildman–Crippen MR) is 109 cm³/mol. The molecule has 4 rings (SSSR count). The second-order valence-corrected chi connectivity index (χ2v) is 9.29. The molecule has 1 saturated carbocycles. The number of amides is 1. The molecule has 1 N–H and O–H groups in total. The van der Waals surface area contributed by atoms with E-state index in [9.17, 15) is 9.59 Å². The van der Waals surface area contributed by atoms with E-state index in [1.54, 1.807) is 6.07 Å². The topological polar surface area (TPSA) is 66.1 Å². The number of nitrogens with one attached hydrogen (secondary N) is 1. The summed E-state index contributed by atoms with van der Waals surface area (Å²) in [6.45, 7) is 4.16. The third-order valence-electron chi connectivity index (χ3n) is 5.96. The normalized spacial score (nSPS) is 25.2. The average molecular weight is 432 g/mol. The highest BCUT2D eigenvalue weighted by Crippen LogP contribution is 2.45. The second kappa shape index (κ2) is 7.38. The zero-order valence-corrected chi connectivity index (χ0v) is 17.5. The van der Waals surface area contributed by atoms with Crippen molar-refractivity contribution in [2.24, 2.45) is 11.8 Å². The lowest BCUT2D eigenvalue weighted by atomic mass is 9.84. The number of aromatic nitrogens is 2. The van der Waals surface area contributed by atoms with Crippen LogP contribution in [0.25, 0.3) is 10.9 Å². The molecule has 6 heteroatoms. The first-order valence-electron chi connectivity index (χ1n) is 9.94. The molecule has 144 valence electrons. The summed E-state index contributed by atoms with van der Waals surface area (Å²) in [4.78, 5) is 35.5. The molecule has 1 aromatic carbocycles. The van der Waals surface area contributed by atoms with Crippen LogP contribution in [0.1, 0.15) is 64.2 Å². The molecular weight excluding hydrogens is 406 g/mol. The number of likely N-dealkylation sites (tertiary alicyclic amines) is 1. The van der Waals surface area contributed by atoms with E-state index in [1.807, 2.05) is 12.1 Å². The number of rotatable bonds is 3. The van der Waals surface area contributed by atoms with Crippen molar-refractivity contribution in [1.82, 2.24) is 14.9 Å². The van der Waals surface area contributed by atoms with Gasteiger partial charge in [-0.15, -0.1) is 0 Å². The summed E-state index contributed by atoms with van der Waals surface area (Å²) in [6, 6.07) is 5.67. The van der Waals surface area contributed by atoms with Crippen LogP contribution in [-0.4, -0.2) is 26.8 Å². The molecule has 2 fully saturated rings. The summed E-state index contributed by atoms with van der Waals surface area (Å²) < 4.78 is 0.895. The Kier molecular flexibility index (Phi) is 5.10. The number of benzene rings is 1. The summed E-state index contributed by atoms with van der Waals surface area (Å²) in [5, 5.41) is 0.581. The van der Waals surface area contributed by atoms with Crippen molar-refractivity contribution in [2.45, 2.75) is 64.5 Å². The smallest absolute Gasteiger partial charge is 0.258 e. The molecule has 1 aromatic heterocycles. The van der Waals surface area contributed by atoms with Gasteiger partial charge in [0.2, 0.25) is 5.91 Å². The highest BCUT2D eigenvalue weighted by Gasteiger charge is 2.45. The first-order valence-corrected chi connectivity index (χ1v) is 10.7. The molecule has 3 atom stereocenters. The molecule has 2 heterocycles. The Bertz CT molecular complexity index is 923.